The number of rotatable bonds is 3. The Morgan fingerprint density at radius 3 is 3.08 bits per heavy atom. The molecule has 1 aromatic heterocycles. The van der Waals surface area contributed by atoms with E-state index in [1.807, 2.05) is 6.92 Å². The van der Waals surface area contributed by atoms with Crippen LogP contribution in [-0.2, 0) is 6.42 Å². The molecule has 0 saturated heterocycles. The summed E-state index contributed by atoms with van der Waals surface area (Å²) in [4.78, 5) is 17.3. The molecule has 0 aliphatic carbocycles. The van der Waals surface area contributed by atoms with E-state index in [4.69, 9.17) is 5.73 Å². The molecule has 4 nitrogen and oxygen atoms in total. The summed E-state index contributed by atoms with van der Waals surface area (Å²) in [6.45, 7) is 1.94. The molecule has 1 heterocycles. The summed E-state index contributed by atoms with van der Waals surface area (Å²) in [7, 11) is 0. The molecule has 0 aliphatic heterocycles. The van der Waals surface area contributed by atoms with Gasteiger partial charge < -0.3 is 10.7 Å². The third-order valence-electron chi connectivity index (χ3n) is 1.59. The number of nitrogens with two attached hydrogens (primary N) is 1. The Morgan fingerprint density at radius 2 is 2.50 bits per heavy atom. The fourth-order valence-corrected chi connectivity index (χ4v) is 0.921. The Hall–Kier alpha value is -1.16. The van der Waals surface area contributed by atoms with E-state index in [1.54, 1.807) is 0 Å². The molecule has 0 radical (unpaired) electrons. The first-order chi connectivity index (χ1) is 5.68. The average Bonchev–Trinajstić information content (AvgIpc) is 2.01. The fourth-order valence-electron chi connectivity index (χ4n) is 0.921. The molecule has 4 heteroatoms. The summed E-state index contributed by atoms with van der Waals surface area (Å²) in [5.74, 6) is 0. The van der Waals surface area contributed by atoms with Crippen molar-refractivity contribution in [2.45, 2.75) is 25.8 Å². The van der Waals surface area contributed by atoms with Crippen molar-refractivity contribution in [2.24, 2.45) is 5.73 Å². The van der Waals surface area contributed by atoms with Gasteiger partial charge in [0.25, 0.3) is 5.56 Å². The van der Waals surface area contributed by atoms with Crippen molar-refractivity contribution in [1.82, 2.24) is 9.97 Å². The van der Waals surface area contributed by atoms with Gasteiger partial charge in [-0.2, -0.15) is 0 Å². The van der Waals surface area contributed by atoms with Crippen LogP contribution in [0.5, 0.6) is 0 Å². The monoisotopic (exact) mass is 167 g/mol. The van der Waals surface area contributed by atoms with Gasteiger partial charge in [0.05, 0.1) is 6.33 Å². The van der Waals surface area contributed by atoms with Gasteiger partial charge in [0, 0.05) is 17.8 Å². The van der Waals surface area contributed by atoms with Crippen LogP contribution in [0.1, 0.15) is 19.0 Å². The predicted octanol–water partition coefficient (Wildman–Crippen LogP) is 0.0497. The second-order valence-corrected chi connectivity index (χ2v) is 2.92. The molecule has 1 atom stereocenters. The number of H-pyrrole nitrogens is 1. The van der Waals surface area contributed by atoms with Crippen LogP contribution in [0, 0.1) is 0 Å². The van der Waals surface area contributed by atoms with Crippen LogP contribution in [0.4, 0.5) is 0 Å². The maximum atomic E-state index is 10.8. The van der Waals surface area contributed by atoms with Crippen LogP contribution in [0.2, 0.25) is 0 Å². The van der Waals surface area contributed by atoms with Gasteiger partial charge in [-0.1, -0.05) is 0 Å². The first-order valence-electron chi connectivity index (χ1n) is 3.97. The Morgan fingerprint density at radius 1 is 1.75 bits per heavy atom. The second-order valence-electron chi connectivity index (χ2n) is 2.92. The van der Waals surface area contributed by atoms with Crippen LogP contribution < -0.4 is 11.3 Å². The van der Waals surface area contributed by atoms with Crippen LogP contribution in [-0.4, -0.2) is 16.0 Å². The first-order valence-corrected chi connectivity index (χ1v) is 3.97. The van der Waals surface area contributed by atoms with Crippen LogP contribution in [0.15, 0.2) is 17.2 Å². The fraction of sp³-hybridized carbons (Fsp3) is 0.500. The highest BCUT2D eigenvalue weighted by molar-refractivity contribution is 4.98. The van der Waals surface area contributed by atoms with Gasteiger partial charge >= 0.3 is 0 Å². The molecule has 0 aliphatic rings. The zero-order chi connectivity index (χ0) is 8.97. The molecule has 0 aromatic carbocycles. The molecule has 0 fully saturated rings. The number of aromatic amines is 1. The van der Waals surface area contributed by atoms with E-state index in [0.717, 1.165) is 18.5 Å². The lowest BCUT2D eigenvalue weighted by molar-refractivity contribution is 0.656. The van der Waals surface area contributed by atoms with Crippen molar-refractivity contribution in [3.8, 4) is 0 Å². The van der Waals surface area contributed by atoms with E-state index in [-0.39, 0.29) is 11.6 Å². The number of aryl methyl sites for hydroxylation is 1. The second kappa shape index (κ2) is 4.01. The number of nitrogens with zero attached hydrogens (tertiary/aromatic N) is 1. The minimum absolute atomic E-state index is 0.107. The van der Waals surface area contributed by atoms with Gasteiger partial charge in [-0.3, -0.25) is 4.79 Å². The molecule has 0 saturated carbocycles. The van der Waals surface area contributed by atoms with Crippen LogP contribution in [0.25, 0.3) is 0 Å². The van der Waals surface area contributed by atoms with Crippen molar-refractivity contribution in [2.75, 3.05) is 0 Å². The van der Waals surface area contributed by atoms with Crippen molar-refractivity contribution in [1.29, 1.82) is 0 Å². The van der Waals surface area contributed by atoms with Gasteiger partial charge in [0.1, 0.15) is 0 Å². The van der Waals surface area contributed by atoms with Gasteiger partial charge in [-0.25, -0.2) is 4.98 Å². The minimum atomic E-state index is -0.107. The molecule has 66 valence electrons. The lowest BCUT2D eigenvalue weighted by atomic mass is 10.1. The molecule has 3 N–H and O–H groups in total. The standard InChI is InChI=1S/C8H13N3O/c1-6(9)2-3-7-4-8(12)11-5-10-7/h4-6H,2-3,9H2,1H3,(H,10,11,12). The summed E-state index contributed by atoms with van der Waals surface area (Å²) >= 11 is 0. The highest BCUT2D eigenvalue weighted by Gasteiger charge is 1.97. The maximum Gasteiger partial charge on any atom is 0.250 e. The van der Waals surface area contributed by atoms with Gasteiger partial charge in [0.15, 0.2) is 0 Å². The smallest absolute Gasteiger partial charge is 0.250 e. The van der Waals surface area contributed by atoms with E-state index in [2.05, 4.69) is 9.97 Å². The number of hydrogen-bond acceptors (Lipinski definition) is 3. The molecular weight excluding hydrogens is 154 g/mol. The first kappa shape index (κ1) is 8.93. The molecule has 1 unspecified atom stereocenters. The SMILES string of the molecule is CC(N)CCc1cc(=O)[nH]cn1. The zero-order valence-electron chi connectivity index (χ0n) is 7.08. The third kappa shape index (κ3) is 2.84. The van der Waals surface area contributed by atoms with E-state index in [1.165, 1.54) is 12.4 Å². The largest absolute Gasteiger partial charge is 0.328 e. The van der Waals surface area contributed by atoms with Gasteiger partial charge in [-0.05, 0) is 19.8 Å². The van der Waals surface area contributed by atoms with E-state index >= 15 is 0 Å². The van der Waals surface area contributed by atoms with E-state index in [9.17, 15) is 4.79 Å². The van der Waals surface area contributed by atoms with Crippen molar-refractivity contribution >= 4 is 0 Å². The Kier molecular flexibility index (Phi) is 2.99. The van der Waals surface area contributed by atoms with Crippen LogP contribution in [0.3, 0.4) is 0 Å². The molecule has 1 rings (SSSR count). The molecular formula is C8H13N3O. The summed E-state index contributed by atoms with van der Waals surface area (Å²) in [5, 5.41) is 0. The normalized spacial score (nSPS) is 12.8. The maximum absolute atomic E-state index is 10.8. The number of aromatic nitrogens is 2. The van der Waals surface area contributed by atoms with Crippen molar-refractivity contribution in [3.05, 3.63) is 28.4 Å². The lowest BCUT2D eigenvalue weighted by Crippen LogP contribution is -2.16. The molecule has 1 aromatic rings. The lowest BCUT2D eigenvalue weighted by Gasteiger charge is -2.02. The van der Waals surface area contributed by atoms with Gasteiger partial charge in [0.2, 0.25) is 0 Å². The molecule has 0 bridgehead atoms. The quantitative estimate of drug-likeness (QED) is 0.668. The molecule has 0 spiro atoms. The third-order valence-corrected chi connectivity index (χ3v) is 1.59. The van der Waals surface area contributed by atoms with Gasteiger partial charge in [-0.15, -0.1) is 0 Å². The summed E-state index contributed by atoms with van der Waals surface area (Å²) in [5.41, 5.74) is 6.26. The Labute approximate surface area is 70.8 Å². The summed E-state index contributed by atoms with van der Waals surface area (Å²) < 4.78 is 0. The van der Waals surface area contributed by atoms with Crippen LogP contribution >= 0.6 is 0 Å². The Bertz CT molecular complexity index is 292. The van der Waals surface area contributed by atoms with E-state index in [0.29, 0.717) is 0 Å². The summed E-state index contributed by atoms with van der Waals surface area (Å²) in [6.07, 6.45) is 3.04. The minimum Gasteiger partial charge on any atom is -0.328 e. The topological polar surface area (TPSA) is 71.8 Å². The number of nitrogens with one attached hydrogen (secondary N) is 1. The van der Waals surface area contributed by atoms with E-state index < -0.39 is 0 Å². The number of hydrogen-bond donors (Lipinski definition) is 2. The molecule has 0 amide bonds. The molecule has 12 heavy (non-hydrogen) atoms. The Balaban J connectivity index is 2.58. The predicted molar refractivity (Wildman–Crippen MR) is 46.8 cm³/mol. The summed E-state index contributed by atoms with van der Waals surface area (Å²) in [6, 6.07) is 1.66. The highest BCUT2D eigenvalue weighted by atomic mass is 16.1. The zero-order valence-corrected chi connectivity index (χ0v) is 7.08. The average molecular weight is 167 g/mol. The highest BCUT2D eigenvalue weighted by Crippen LogP contribution is 1.96. The van der Waals surface area contributed by atoms with Crippen molar-refractivity contribution in [3.63, 3.8) is 0 Å². The van der Waals surface area contributed by atoms with Crippen molar-refractivity contribution < 1.29 is 0 Å².